The lowest BCUT2D eigenvalue weighted by Crippen LogP contribution is -2.41. The molecule has 2 atom stereocenters. The third kappa shape index (κ3) is 6.68. The molecule has 2 aromatic carbocycles. The molecule has 2 heterocycles. The molecule has 0 saturated carbocycles. The summed E-state index contributed by atoms with van der Waals surface area (Å²) in [4.78, 5) is 41.1. The van der Waals surface area contributed by atoms with Gasteiger partial charge in [-0.25, -0.2) is 9.18 Å². The van der Waals surface area contributed by atoms with E-state index in [1.54, 1.807) is 48.7 Å². The summed E-state index contributed by atoms with van der Waals surface area (Å²) in [5.74, 6) is -0.990. The average Bonchev–Trinajstić information content (AvgIpc) is 3.27. The number of ether oxygens (including phenoxy) is 1. The van der Waals surface area contributed by atoms with Crippen molar-refractivity contribution in [1.29, 1.82) is 0 Å². The van der Waals surface area contributed by atoms with Gasteiger partial charge in [0.1, 0.15) is 11.9 Å². The van der Waals surface area contributed by atoms with Gasteiger partial charge in [0, 0.05) is 37.3 Å². The normalized spacial score (nSPS) is 15.7. The van der Waals surface area contributed by atoms with Gasteiger partial charge in [0.15, 0.2) is 0 Å². The van der Waals surface area contributed by atoms with Crippen molar-refractivity contribution in [1.82, 2.24) is 15.6 Å². The highest BCUT2D eigenvalue weighted by Gasteiger charge is 2.32. The highest BCUT2D eigenvalue weighted by molar-refractivity contribution is 5.90. The minimum absolute atomic E-state index is 0.196. The molecule has 0 spiro atoms. The molecule has 1 saturated heterocycles. The molecule has 4 N–H and O–H groups in total. The number of nitrogens with zero attached hydrogens (tertiary/aromatic N) is 2. The minimum Gasteiger partial charge on any atom is -0.442 e. The molecular formula is C27H28FN5O4. The van der Waals surface area contributed by atoms with Crippen LogP contribution in [-0.2, 0) is 27.3 Å². The van der Waals surface area contributed by atoms with Crippen molar-refractivity contribution in [3.05, 3.63) is 83.9 Å². The Labute approximate surface area is 213 Å². The maximum atomic E-state index is 15.0. The first-order valence-corrected chi connectivity index (χ1v) is 11.8. The van der Waals surface area contributed by atoms with Gasteiger partial charge in [-0.05, 0) is 41.5 Å². The molecule has 0 bridgehead atoms. The largest absolute Gasteiger partial charge is 0.442 e. The first kappa shape index (κ1) is 25.8. The van der Waals surface area contributed by atoms with Crippen molar-refractivity contribution in [2.24, 2.45) is 5.73 Å². The first-order chi connectivity index (χ1) is 17.8. The number of hydrogen-bond donors (Lipinski definition) is 3. The number of rotatable bonds is 9. The second-order valence-electron chi connectivity index (χ2n) is 8.76. The molecule has 1 aliphatic rings. The third-order valence-electron chi connectivity index (χ3n) is 5.94. The number of anilines is 1. The molecule has 9 nitrogen and oxygen atoms in total. The number of benzene rings is 2. The Bertz CT molecular complexity index is 1270. The molecule has 0 unspecified atom stereocenters. The summed E-state index contributed by atoms with van der Waals surface area (Å²) in [5, 5.41) is 5.42. The van der Waals surface area contributed by atoms with Gasteiger partial charge in [-0.3, -0.25) is 19.5 Å². The third-order valence-corrected chi connectivity index (χ3v) is 5.94. The standard InChI is InChI=1S/C27H28FN5O4/c1-17(34)31-15-22-16-33(27(36)37-22)21-9-10-23(24(28)13-21)19-7-5-18(6-8-19)14-32-26(35)25(29)12-20-4-2-3-11-30-20/h2-11,13,22,25H,12,14-16,29H2,1H3,(H,31,34)(H,32,35)/t22-,25-/m0/s1. The van der Waals surface area contributed by atoms with Crippen LogP contribution in [0.25, 0.3) is 11.1 Å². The van der Waals surface area contributed by atoms with Gasteiger partial charge in [0.05, 0.1) is 24.8 Å². The summed E-state index contributed by atoms with van der Waals surface area (Å²) in [6.07, 6.45) is 0.904. The summed E-state index contributed by atoms with van der Waals surface area (Å²) in [6.45, 7) is 2.07. The summed E-state index contributed by atoms with van der Waals surface area (Å²) >= 11 is 0. The van der Waals surface area contributed by atoms with Gasteiger partial charge in [-0.2, -0.15) is 0 Å². The summed E-state index contributed by atoms with van der Waals surface area (Å²) in [6, 6.07) is 16.4. The number of pyridine rings is 1. The first-order valence-electron chi connectivity index (χ1n) is 11.8. The Balaban J connectivity index is 1.34. The number of cyclic esters (lactones) is 1. The minimum atomic E-state index is -0.713. The van der Waals surface area contributed by atoms with Crippen molar-refractivity contribution >= 4 is 23.6 Å². The molecule has 1 aromatic heterocycles. The van der Waals surface area contributed by atoms with Crippen LogP contribution in [0.1, 0.15) is 18.2 Å². The van der Waals surface area contributed by atoms with Gasteiger partial charge in [-0.1, -0.05) is 30.3 Å². The van der Waals surface area contributed by atoms with Crippen molar-refractivity contribution in [2.45, 2.75) is 32.0 Å². The fourth-order valence-corrected chi connectivity index (χ4v) is 3.96. The second-order valence-corrected chi connectivity index (χ2v) is 8.76. The summed E-state index contributed by atoms with van der Waals surface area (Å²) < 4.78 is 20.2. The smallest absolute Gasteiger partial charge is 0.414 e. The zero-order valence-electron chi connectivity index (χ0n) is 20.3. The van der Waals surface area contributed by atoms with E-state index in [1.165, 1.54) is 17.9 Å². The average molecular weight is 506 g/mol. The predicted octanol–water partition coefficient (Wildman–Crippen LogP) is 2.54. The molecule has 3 aromatic rings. The van der Waals surface area contributed by atoms with E-state index >= 15 is 0 Å². The number of halogens is 1. The van der Waals surface area contributed by atoms with Crippen LogP contribution in [0.5, 0.6) is 0 Å². The zero-order chi connectivity index (χ0) is 26.4. The highest BCUT2D eigenvalue weighted by atomic mass is 19.1. The number of carbonyl (C=O) groups is 3. The molecule has 37 heavy (non-hydrogen) atoms. The van der Waals surface area contributed by atoms with Gasteiger partial charge in [0.2, 0.25) is 11.8 Å². The zero-order valence-corrected chi connectivity index (χ0v) is 20.3. The van der Waals surface area contributed by atoms with Crippen LogP contribution >= 0.6 is 0 Å². The maximum Gasteiger partial charge on any atom is 0.414 e. The van der Waals surface area contributed by atoms with Crippen LogP contribution in [0.3, 0.4) is 0 Å². The number of amides is 3. The monoisotopic (exact) mass is 505 g/mol. The van der Waals surface area contributed by atoms with Crippen molar-refractivity contribution in [2.75, 3.05) is 18.0 Å². The van der Waals surface area contributed by atoms with Crippen molar-refractivity contribution in [3.63, 3.8) is 0 Å². The Morgan fingerprint density at radius 2 is 1.95 bits per heavy atom. The fourth-order valence-electron chi connectivity index (χ4n) is 3.96. The molecular weight excluding hydrogens is 477 g/mol. The van der Waals surface area contributed by atoms with E-state index in [4.69, 9.17) is 10.5 Å². The summed E-state index contributed by atoms with van der Waals surface area (Å²) in [7, 11) is 0. The Hall–Kier alpha value is -4.31. The molecule has 3 amide bonds. The van der Waals surface area contributed by atoms with E-state index in [0.717, 1.165) is 11.3 Å². The van der Waals surface area contributed by atoms with Crippen LogP contribution in [0.15, 0.2) is 66.9 Å². The Morgan fingerprint density at radius 3 is 2.62 bits per heavy atom. The van der Waals surface area contributed by atoms with Gasteiger partial charge in [0.25, 0.3) is 0 Å². The number of carbonyl (C=O) groups excluding carboxylic acids is 3. The lowest BCUT2D eigenvalue weighted by atomic mass is 10.0. The lowest BCUT2D eigenvalue weighted by molar-refractivity contribution is -0.122. The van der Waals surface area contributed by atoms with Gasteiger partial charge < -0.3 is 21.1 Å². The van der Waals surface area contributed by atoms with Gasteiger partial charge in [-0.15, -0.1) is 0 Å². The fraction of sp³-hybridized carbons (Fsp3) is 0.259. The molecule has 1 aliphatic heterocycles. The Morgan fingerprint density at radius 1 is 1.16 bits per heavy atom. The quantitative estimate of drug-likeness (QED) is 0.410. The number of nitrogens with two attached hydrogens (primary N) is 1. The summed E-state index contributed by atoms with van der Waals surface area (Å²) in [5.41, 5.74) is 8.97. The van der Waals surface area contributed by atoms with Gasteiger partial charge >= 0.3 is 6.09 Å². The van der Waals surface area contributed by atoms with E-state index in [9.17, 15) is 18.8 Å². The van der Waals surface area contributed by atoms with E-state index in [0.29, 0.717) is 23.2 Å². The topological polar surface area (TPSA) is 127 Å². The number of hydrogen-bond acceptors (Lipinski definition) is 6. The maximum absolute atomic E-state index is 15.0. The van der Waals surface area contributed by atoms with Crippen LogP contribution in [0.2, 0.25) is 0 Å². The Kier molecular flexibility index (Phi) is 8.09. The highest BCUT2D eigenvalue weighted by Crippen LogP contribution is 2.29. The number of nitrogens with one attached hydrogen (secondary N) is 2. The second kappa shape index (κ2) is 11.6. The van der Waals surface area contributed by atoms with E-state index in [1.807, 2.05) is 12.1 Å². The van der Waals surface area contributed by atoms with Crippen LogP contribution < -0.4 is 21.3 Å². The molecule has 0 aliphatic carbocycles. The van der Waals surface area contributed by atoms with Crippen molar-refractivity contribution < 1.29 is 23.5 Å². The SMILES string of the molecule is CC(=O)NC[C@H]1CN(c2ccc(-c3ccc(CNC(=O)[C@@H](N)Cc4ccccn4)cc3)c(F)c2)C(=O)O1. The van der Waals surface area contributed by atoms with Crippen LogP contribution in [0.4, 0.5) is 14.9 Å². The molecule has 1 fully saturated rings. The molecule has 0 radical (unpaired) electrons. The molecule has 10 heteroatoms. The van der Waals surface area contributed by atoms with Crippen LogP contribution in [0, 0.1) is 5.82 Å². The van der Waals surface area contributed by atoms with E-state index < -0.39 is 24.1 Å². The van der Waals surface area contributed by atoms with E-state index in [2.05, 4.69) is 15.6 Å². The molecule has 4 rings (SSSR count). The van der Waals surface area contributed by atoms with Crippen molar-refractivity contribution in [3.8, 4) is 11.1 Å². The predicted molar refractivity (Wildman–Crippen MR) is 136 cm³/mol. The number of aromatic nitrogens is 1. The molecule has 192 valence electrons. The van der Waals surface area contributed by atoms with Crippen LogP contribution in [-0.4, -0.2) is 48.1 Å². The van der Waals surface area contributed by atoms with E-state index in [-0.39, 0.29) is 31.4 Å². The lowest BCUT2D eigenvalue weighted by Gasteiger charge is -2.15.